The molecule has 0 saturated carbocycles. The van der Waals surface area contributed by atoms with Gasteiger partial charge in [-0.25, -0.2) is 4.79 Å². The first-order valence-corrected chi connectivity index (χ1v) is 8.68. The summed E-state index contributed by atoms with van der Waals surface area (Å²) < 4.78 is 1.44. The van der Waals surface area contributed by atoms with Crippen LogP contribution in [0.3, 0.4) is 0 Å². The van der Waals surface area contributed by atoms with Crippen LogP contribution in [0.4, 0.5) is 4.79 Å². The summed E-state index contributed by atoms with van der Waals surface area (Å²) in [4.78, 5) is 26.8. The van der Waals surface area contributed by atoms with Crippen LogP contribution in [0.25, 0.3) is 0 Å². The molecule has 0 bridgehead atoms. The van der Waals surface area contributed by atoms with Gasteiger partial charge in [0, 0.05) is 49.5 Å². The SMILES string of the molecule is O=C(O)N1CCN(Cc2ccn(Cc3cccc(Cl)c3)c(=O)c2O)CC1. The van der Waals surface area contributed by atoms with Crippen LogP contribution in [0.2, 0.25) is 5.02 Å². The van der Waals surface area contributed by atoms with Crippen molar-refractivity contribution in [3.05, 3.63) is 63.0 Å². The van der Waals surface area contributed by atoms with E-state index in [9.17, 15) is 14.7 Å². The Morgan fingerprint density at radius 3 is 2.50 bits per heavy atom. The number of hydrogen-bond acceptors (Lipinski definition) is 4. The fourth-order valence-electron chi connectivity index (χ4n) is 3.02. The first kappa shape index (κ1) is 18.3. The summed E-state index contributed by atoms with van der Waals surface area (Å²) >= 11 is 5.96. The molecule has 138 valence electrons. The van der Waals surface area contributed by atoms with Gasteiger partial charge < -0.3 is 19.7 Å². The topological polar surface area (TPSA) is 86.0 Å². The Morgan fingerprint density at radius 1 is 1.12 bits per heavy atom. The number of carboxylic acid groups (broad SMARTS) is 1. The Kier molecular flexibility index (Phi) is 5.49. The van der Waals surface area contributed by atoms with Crippen molar-refractivity contribution in [2.75, 3.05) is 26.2 Å². The van der Waals surface area contributed by atoms with Gasteiger partial charge in [0.2, 0.25) is 0 Å². The van der Waals surface area contributed by atoms with Crippen LogP contribution in [0.5, 0.6) is 5.75 Å². The highest BCUT2D eigenvalue weighted by Crippen LogP contribution is 2.17. The number of hydrogen-bond donors (Lipinski definition) is 2. The van der Waals surface area contributed by atoms with Crippen molar-refractivity contribution in [2.45, 2.75) is 13.1 Å². The van der Waals surface area contributed by atoms with Gasteiger partial charge in [-0.1, -0.05) is 23.7 Å². The van der Waals surface area contributed by atoms with Crippen molar-refractivity contribution in [3.63, 3.8) is 0 Å². The van der Waals surface area contributed by atoms with E-state index in [1.165, 1.54) is 9.47 Å². The fourth-order valence-corrected chi connectivity index (χ4v) is 3.24. The first-order chi connectivity index (χ1) is 12.4. The van der Waals surface area contributed by atoms with Crippen LogP contribution in [0.1, 0.15) is 11.1 Å². The third kappa shape index (κ3) is 4.17. The molecule has 1 fully saturated rings. The molecule has 1 aromatic carbocycles. The molecule has 0 aliphatic carbocycles. The van der Waals surface area contributed by atoms with Crippen LogP contribution in [-0.2, 0) is 13.1 Å². The van der Waals surface area contributed by atoms with Crippen LogP contribution < -0.4 is 5.56 Å². The number of rotatable bonds is 4. The molecule has 1 aliphatic heterocycles. The molecule has 0 radical (unpaired) electrons. The quantitative estimate of drug-likeness (QED) is 0.851. The molecule has 1 amide bonds. The van der Waals surface area contributed by atoms with Gasteiger partial charge in [-0.15, -0.1) is 0 Å². The molecule has 2 aromatic rings. The maximum absolute atomic E-state index is 12.4. The van der Waals surface area contributed by atoms with Gasteiger partial charge in [0.25, 0.3) is 5.56 Å². The predicted octanol–water partition coefficient (Wildman–Crippen LogP) is 2.05. The Hall–Kier alpha value is -2.51. The lowest BCUT2D eigenvalue weighted by Gasteiger charge is -2.33. The van der Waals surface area contributed by atoms with E-state index in [2.05, 4.69) is 0 Å². The molecule has 0 unspecified atom stereocenters. The third-order valence-electron chi connectivity index (χ3n) is 4.50. The average molecular weight is 378 g/mol. The average Bonchev–Trinajstić information content (AvgIpc) is 2.62. The number of pyridine rings is 1. The van der Waals surface area contributed by atoms with Crippen molar-refractivity contribution in [3.8, 4) is 5.75 Å². The second-order valence-electron chi connectivity index (χ2n) is 6.30. The Morgan fingerprint density at radius 2 is 1.85 bits per heavy atom. The molecule has 3 rings (SSSR count). The van der Waals surface area contributed by atoms with Gasteiger partial charge in [0.05, 0.1) is 6.54 Å². The van der Waals surface area contributed by atoms with E-state index in [0.717, 1.165) is 5.56 Å². The van der Waals surface area contributed by atoms with Crippen LogP contribution in [0, 0.1) is 0 Å². The monoisotopic (exact) mass is 377 g/mol. The minimum absolute atomic E-state index is 0.268. The van der Waals surface area contributed by atoms with E-state index in [0.29, 0.717) is 49.9 Å². The van der Waals surface area contributed by atoms with Crippen molar-refractivity contribution in [1.82, 2.24) is 14.4 Å². The van der Waals surface area contributed by atoms with Crippen LogP contribution in [0.15, 0.2) is 41.3 Å². The predicted molar refractivity (Wildman–Crippen MR) is 97.8 cm³/mol. The van der Waals surface area contributed by atoms with Gasteiger partial charge in [0.15, 0.2) is 5.75 Å². The number of halogens is 1. The maximum Gasteiger partial charge on any atom is 0.407 e. The van der Waals surface area contributed by atoms with E-state index in [-0.39, 0.29) is 5.75 Å². The smallest absolute Gasteiger partial charge is 0.407 e. The molecule has 26 heavy (non-hydrogen) atoms. The van der Waals surface area contributed by atoms with Crippen molar-refractivity contribution >= 4 is 17.7 Å². The number of benzene rings is 1. The molecular weight excluding hydrogens is 358 g/mol. The lowest BCUT2D eigenvalue weighted by atomic mass is 10.2. The molecule has 0 spiro atoms. The summed E-state index contributed by atoms with van der Waals surface area (Å²) in [6.45, 7) is 2.70. The molecule has 1 aliphatic rings. The first-order valence-electron chi connectivity index (χ1n) is 8.30. The second-order valence-corrected chi connectivity index (χ2v) is 6.73. The van der Waals surface area contributed by atoms with Crippen molar-refractivity contribution in [1.29, 1.82) is 0 Å². The van der Waals surface area contributed by atoms with Crippen LogP contribution in [-0.4, -0.2) is 56.9 Å². The van der Waals surface area contributed by atoms with Gasteiger partial charge >= 0.3 is 6.09 Å². The normalized spacial score (nSPS) is 15.2. The molecule has 1 aromatic heterocycles. The van der Waals surface area contributed by atoms with E-state index in [4.69, 9.17) is 16.7 Å². The fraction of sp³-hybridized carbons (Fsp3) is 0.333. The summed E-state index contributed by atoms with van der Waals surface area (Å²) in [7, 11) is 0. The number of piperazine rings is 1. The Balaban J connectivity index is 1.70. The molecule has 2 N–H and O–H groups in total. The maximum atomic E-state index is 12.4. The van der Waals surface area contributed by atoms with Gasteiger partial charge in [-0.3, -0.25) is 9.69 Å². The van der Waals surface area contributed by atoms with Crippen molar-refractivity contribution in [2.24, 2.45) is 0 Å². The Bertz CT molecular complexity index is 860. The molecular formula is C18H20ClN3O4. The van der Waals surface area contributed by atoms with Crippen molar-refractivity contribution < 1.29 is 15.0 Å². The standard InChI is InChI=1S/C18H20ClN3O4/c19-15-3-1-2-13(10-15)11-22-5-4-14(16(23)17(22)24)12-20-6-8-21(9-7-20)18(25)26/h1-5,10,23H,6-9,11-12H2,(H,25,26). The van der Waals surface area contributed by atoms with E-state index >= 15 is 0 Å². The number of aromatic hydroxyl groups is 1. The molecule has 1 saturated heterocycles. The summed E-state index contributed by atoms with van der Waals surface area (Å²) in [6.07, 6.45) is 0.738. The molecule has 2 heterocycles. The lowest BCUT2D eigenvalue weighted by Crippen LogP contribution is -2.47. The minimum atomic E-state index is -0.920. The molecule has 8 heteroatoms. The third-order valence-corrected chi connectivity index (χ3v) is 4.74. The summed E-state index contributed by atoms with van der Waals surface area (Å²) in [5.41, 5.74) is 0.962. The molecule has 7 nitrogen and oxygen atoms in total. The summed E-state index contributed by atoms with van der Waals surface area (Å²) in [5.74, 6) is -0.268. The second kappa shape index (κ2) is 7.80. The minimum Gasteiger partial charge on any atom is -0.503 e. The lowest BCUT2D eigenvalue weighted by molar-refractivity contribution is 0.102. The van der Waals surface area contributed by atoms with Gasteiger partial charge in [0.1, 0.15) is 0 Å². The van der Waals surface area contributed by atoms with E-state index in [1.807, 2.05) is 17.0 Å². The van der Waals surface area contributed by atoms with Crippen LogP contribution >= 0.6 is 11.6 Å². The number of aromatic nitrogens is 1. The highest BCUT2D eigenvalue weighted by molar-refractivity contribution is 6.30. The largest absolute Gasteiger partial charge is 0.503 e. The van der Waals surface area contributed by atoms with E-state index < -0.39 is 11.7 Å². The zero-order valence-corrected chi connectivity index (χ0v) is 14.9. The number of amides is 1. The molecule has 0 atom stereocenters. The highest BCUT2D eigenvalue weighted by atomic mass is 35.5. The van der Waals surface area contributed by atoms with Gasteiger partial charge in [-0.05, 0) is 23.8 Å². The zero-order valence-electron chi connectivity index (χ0n) is 14.1. The zero-order chi connectivity index (χ0) is 18.7. The highest BCUT2D eigenvalue weighted by Gasteiger charge is 2.21. The summed E-state index contributed by atoms with van der Waals surface area (Å²) in [6, 6.07) is 8.95. The van der Waals surface area contributed by atoms with Gasteiger partial charge in [-0.2, -0.15) is 0 Å². The number of carbonyl (C=O) groups is 1. The Labute approximate surface area is 155 Å². The van der Waals surface area contributed by atoms with E-state index in [1.54, 1.807) is 24.4 Å². The summed E-state index contributed by atoms with van der Waals surface area (Å²) in [5, 5.41) is 19.9. The number of nitrogens with zero attached hydrogens (tertiary/aromatic N) is 3.